The quantitative estimate of drug-likeness (QED) is 0.531. The van der Waals surface area contributed by atoms with Crippen LogP contribution in [0.4, 0.5) is 5.69 Å². The molecule has 22 heavy (non-hydrogen) atoms. The molecule has 1 N–H and O–H groups in total. The fourth-order valence-electron chi connectivity index (χ4n) is 2.92. The minimum Gasteiger partial charge on any atom is -0.508 e. The topological polar surface area (TPSA) is 32.6 Å². The Morgan fingerprint density at radius 1 is 0.818 bits per heavy atom. The summed E-state index contributed by atoms with van der Waals surface area (Å²) in [6, 6.07) is 22.0. The van der Waals surface area contributed by atoms with Gasteiger partial charge in [0.15, 0.2) is 0 Å². The second kappa shape index (κ2) is 5.15. The normalized spacial score (nSPS) is 12.4. The number of hydrogen-bond donors (Lipinski definition) is 1. The average molecular weight is 285 g/mol. The number of hydrogen-bond acceptors (Lipinski definition) is 2. The fraction of sp³-hybridized carbons (Fsp3) is 0.0500. The van der Waals surface area contributed by atoms with Crippen LogP contribution in [-0.2, 0) is 6.42 Å². The molecule has 0 atom stereocenters. The van der Waals surface area contributed by atoms with Crippen molar-refractivity contribution in [3.63, 3.8) is 0 Å². The summed E-state index contributed by atoms with van der Waals surface area (Å²) in [6.07, 6.45) is 2.80. The summed E-state index contributed by atoms with van der Waals surface area (Å²) in [6.45, 7) is 0. The Morgan fingerprint density at radius 2 is 1.59 bits per heavy atom. The monoisotopic (exact) mass is 285 g/mol. The van der Waals surface area contributed by atoms with Crippen molar-refractivity contribution in [3.05, 3.63) is 83.4 Å². The van der Waals surface area contributed by atoms with Crippen LogP contribution in [-0.4, -0.2) is 11.3 Å². The number of phenols is 1. The van der Waals surface area contributed by atoms with Crippen molar-refractivity contribution in [1.29, 1.82) is 0 Å². The number of benzene rings is 3. The van der Waals surface area contributed by atoms with E-state index >= 15 is 0 Å². The molecule has 0 heterocycles. The second-order valence-electron chi connectivity index (χ2n) is 5.53. The maximum absolute atomic E-state index is 9.29. The Balaban J connectivity index is 1.63. The van der Waals surface area contributed by atoms with Gasteiger partial charge in [-0.15, -0.1) is 0 Å². The molecule has 0 saturated heterocycles. The first-order valence-electron chi connectivity index (χ1n) is 7.34. The Kier molecular flexibility index (Phi) is 3.01. The summed E-state index contributed by atoms with van der Waals surface area (Å²) >= 11 is 0. The molecule has 0 unspecified atom stereocenters. The van der Waals surface area contributed by atoms with Crippen LogP contribution in [0.25, 0.3) is 11.1 Å². The predicted molar refractivity (Wildman–Crippen MR) is 90.0 cm³/mol. The van der Waals surface area contributed by atoms with Crippen molar-refractivity contribution in [1.82, 2.24) is 0 Å². The standard InChI is InChI=1S/C20H15NO/c22-18-8-5-14(6-9-18)13-21-17-7-10-20-16(12-17)11-15-3-1-2-4-19(15)20/h1-10,12-13,22H,11H2. The van der Waals surface area contributed by atoms with Crippen molar-refractivity contribution < 1.29 is 5.11 Å². The molecule has 0 saturated carbocycles. The molecule has 106 valence electrons. The van der Waals surface area contributed by atoms with E-state index in [1.54, 1.807) is 12.1 Å². The molecule has 1 aliphatic rings. The maximum atomic E-state index is 9.29. The number of phenolic OH excluding ortho intramolecular Hbond substituents is 1. The van der Waals surface area contributed by atoms with E-state index in [0.717, 1.165) is 17.7 Å². The number of aliphatic imine (C=N–C) groups is 1. The molecular weight excluding hydrogens is 270 g/mol. The molecule has 2 heteroatoms. The van der Waals surface area contributed by atoms with Crippen LogP contribution in [0.5, 0.6) is 5.75 Å². The summed E-state index contributed by atoms with van der Waals surface area (Å²) < 4.78 is 0. The van der Waals surface area contributed by atoms with E-state index in [0.29, 0.717) is 0 Å². The van der Waals surface area contributed by atoms with Gasteiger partial charge >= 0.3 is 0 Å². The summed E-state index contributed by atoms with van der Waals surface area (Å²) in [5.41, 5.74) is 7.31. The summed E-state index contributed by atoms with van der Waals surface area (Å²) in [5.74, 6) is 0.271. The number of rotatable bonds is 2. The van der Waals surface area contributed by atoms with Crippen LogP contribution in [0.2, 0.25) is 0 Å². The van der Waals surface area contributed by atoms with Gasteiger partial charge in [-0.05, 0) is 70.6 Å². The smallest absolute Gasteiger partial charge is 0.115 e. The molecule has 0 bridgehead atoms. The van der Waals surface area contributed by atoms with Crippen molar-refractivity contribution in [2.24, 2.45) is 4.99 Å². The summed E-state index contributed by atoms with van der Waals surface area (Å²) in [5, 5.41) is 9.29. The number of fused-ring (bicyclic) bond motifs is 3. The van der Waals surface area contributed by atoms with Crippen LogP contribution < -0.4 is 0 Å². The third-order valence-corrected chi connectivity index (χ3v) is 4.03. The van der Waals surface area contributed by atoms with Crippen molar-refractivity contribution in [3.8, 4) is 16.9 Å². The van der Waals surface area contributed by atoms with Gasteiger partial charge in [-0.3, -0.25) is 4.99 Å². The first-order valence-corrected chi connectivity index (χ1v) is 7.34. The van der Waals surface area contributed by atoms with Crippen LogP contribution in [0.15, 0.2) is 71.7 Å². The largest absolute Gasteiger partial charge is 0.508 e. The maximum Gasteiger partial charge on any atom is 0.115 e. The Morgan fingerprint density at radius 3 is 2.45 bits per heavy atom. The predicted octanol–water partition coefficient (Wildman–Crippen LogP) is 4.71. The molecule has 0 aliphatic heterocycles. The molecule has 0 spiro atoms. The molecule has 3 aromatic carbocycles. The highest BCUT2D eigenvalue weighted by atomic mass is 16.3. The molecule has 0 amide bonds. The zero-order valence-corrected chi connectivity index (χ0v) is 12.0. The van der Waals surface area contributed by atoms with E-state index in [9.17, 15) is 5.11 Å². The van der Waals surface area contributed by atoms with Gasteiger partial charge in [0.2, 0.25) is 0 Å². The van der Waals surface area contributed by atoms with Crippen molar-refractivity contribution >= 4 is 11.9 Å². The second-order valence-corrected chi connectivity index (χ2v) is 5.53. The molecule has 1 aliphatic carbocycles. The molecule has 0 fully saturated rings. The van der Waals surface area contributed by atoms with E-state index in [1.807, 2.05) is 18.3 Å². The molecular formula is C20H15NO. The van der Waals surface area contributed by atoms with Gasteiger partial charge in [-0.25, -0.2) is 0 Å². The molecule has 0 aromatic heterocycles. The highest BCUT2D eigenvalue weighted by molar-refractivity contribution is 5.83. The number of nitrogens with zero attached hydrogens (tertiary/aromatic N) is 1. The lowest BCUT2D eigenvalue weighted by molar-refractivity contribution is 0.475. The summed E-state index contributed by atoms with van der Waals surface area (Å²) in [7, 11) is 0. The third kappa shape index (κ3) is 2.29. The lowest BCUT2D eigenvalue weighted by Crippen LogP contribution is -1.81. The van der Waals surface area contributed by atoms with Crippen molar-refractivity contribution in [2.45, 2.75) is 6.42 Å². The van der Waals surface area contributed by atoms with Crippen LogP contribution >= 0.6 is 0 Å². The van der Waals surface area contributed by atoms with Gasteiger partial charge in [-0.2, -0.15) is 0 Å². The fourth-order valence-corrected chi connectivity index (χ4v) is 2.92. The zero-order chi connectivity index (χ0) is 14.9. The molecule has 0 radical (unpaired) electrons. The van der Waals surface area contributed by atoms with Gasteiger partial charge in [0.05, 0.1) is 5.69 Å². The highest BCUT2D eigenvalue weighted by Crippen LogP contribution is 2.38. The summed E-state index contributed by atoms with van der Waals surface area (Å²) in [4.78, 5) is 4.54. The van der Waals surface area contributed by atoms with E-state index in [4.69, 9.17) is 0 Å². The Labute approximate surface area is 129 Å². The molecule has 4 rings (SSSR count). The van der Waals surface area contributed by atoms with Gasteiger partial charge < -0.3 is 5.11 Å². The lowest BCUT2D eigenvalue weighted by Gasteiger charge is -2.01. The van der Waals surface area contributed by atoms with E-state index in [2.05, 4.69) is 47.5 Å². The SMILES string of the molecule is Oc1ccc(C=Nc2ccc3c(c2)Cc2ccccc2-3)cc1. The Hall–Kier alpha value is -2.87. The minimum absolute atomic E-state index is 0.271. The van der Waals surface area contributed by atoms with Gasteiger partial charge in [0.1, 0.15) is 5.75 Å². The van der Waals surface area contributed by atoms with Gasteiger partial charge in [-0.1, -0.05) is 30.3 Å². The van der Waals surface area contributed by atoms with Gasteiger partial charge in [0.25, 0.3) is 0 Å². The average Bonchev–Trinajstić information content (AvgIpc) is 2.92. The van der Waals surface area contributed by atoms with Crippen LogP contribution in [0.1, 0.15) is 16.7 Å². The minimum atomic E-state index is 0.271. The molecule has 2 nitrogen and oxygen atoms in total. The first kappa shape index (κ1) is 12.8. The van der Waals surface area contributed by atoms with Crippen molar-refractivity contribution in [2.75, 3.05) is 0 Å². The van der Waals surface area contributed by atoms with E-state index in [-0.39, 0.29) is 5.75 Å². The van der Waals surface area contributed by atoms with E-state index < -0.39 is 0 Å². The Bertz CT molecular complexity index is 863. The molecule has 3 aromatic rings. The zero-order valence-electron chi connectivity index (χ0n) is 12.0. The van der Waals surface area contributed by atoms with Crippen LogP contribution in [0, 0.1) is 0 Å². The lowest BCUT2D eigenvalue weighted by atomic mass is 10.1. The highest BCUT2D eigenvalue weighted by Gasteiger charge is 2.17. The third-order valence-electron chi connectivity index (χ3n) is 4.03. The first-order chi connectivity index (χ1) is 10.8. The van der Waals surface area contributed by atoms with Crippen LogP contribution in [0.3, 0.4) is 0 Å². The van der Waals surface area contributed by atoms with E-state index in [1.165, 1.54) is 22.3 Å². The van der Waals surface area contributed by atoms with Gasteiger partial charge in [0, 0.05) is 6.21 Å². The number of aromatic hydroxyl groups is 1.